The minimum atomic E-state index is 0.159. The Bertz CT molecular complexity index is 512. The van der Waals surface area contributed by atoms with Crippen LogP contribution in [0.5, 0.6) is 11.6 Å². The Kier molecular flexibility index (Phi) is 4.75. The summed E-state index contributed by atoms with van der Waals surface area (Å²) in [5.41, 5.74) is 1.09. The summed E-state index contributed by atoms with van der Waals surface area (Å²) in [7, 11) is 0. The molecule has 2 N–H and O–H groups in total. The van der Waals surface area contributed by atoms with E-state index in [2.05, 4.69) is 10.3 Å². The van der Waals surface area contributed by atoms with Gasteiger partial charge in [0, 0.05) is 19.2 Å². The van der Waals surface area contributed by atoms with Gasteiger partial charge in [-0.05, 0) is 37.1 Å². The van der Waals surface area contributed by atoms with Crippen LogP contribution in [0.15, 0.2) is 42.5 Å². The van der Waals surface area contributed by atoms with E-state index in [0.717, 1.165) is 23.7 Å². The number of ether oxygens (including phenoxy) is 1. The third kappa shape index (κ3) is 3.96. The Balaban J connectivity index is 2.05. The van der Waals surface area contributed by atoms with E-state index in [1.165, 1.54) is 0 Å². The third-order valence-corrected chi connectivity index (χ3v) is 2.63. The maximum Gasteiger partial charge on any atom is 0.221 e. The summed E-state index contributed by atoms with van der Waals surface area (Å²) in [6.07, 6.45) is 0.661. The maximum absolute atomic E-state index is 8.86. The van der Waals surface area contributed by atoms with E-state index in [9.17, 15) is 0 Å². The number of nitrogens with zero attached hydrogens (tertiary/aromatic N) is 1. The highest BCUT2D eigenvalue weighted by atomic mass is 16.5. The molecule has 2 rings (SSSR count). The SMILES string of the molecule is CCNc1cccc(Oc2ccc(CCO)cc2)n1. The highest BCUT2D eigenvalue weighted by molar-refractivity contribution is 5.38. The Hall–Kier alpha value is -2.07. The number of anilines is 1. The molecule has 0 bridgehead atoms. The number of hydrogen-bond donors (Lipinski definition) is 2. The van der Waals surface area contributed by atoms with Gasteiger partial charge in [-0.25, -0.2) is 0 Å². The second-order valence-corrected chi connectivity index (χ2v) is 4.11. The van der Waals surface area contributed by atoms with Crippen molar-refractivity contribution in [1.29, 1.82) is 0 Å². The van der Waals surface area contributed by atoms with Crippen LogP contribution in [-0.4, -0.2) is 23.2 Å². The summed E-state index contributed by atoms with van der Waals surface area (Å²) in [5, 5.41) is 12.0. The van der Waals surface area contributed by atoms with Crippen molar-refractivity contribution >= 4 is 5.82 Å². The summed E-state index contributed by atoms with van der Waals surface area (Å²) >= 11 is 0. The molecule has 100 valence electrons. The number of aliphatic hydroxyl groups is 1. The molecule has 0 aliphatic carbocycles. The molecular formula is C15H18N2O2. The fourth-order valence-electron chi connectivity index (χ4n) is 1.73. The molecule has 4 heteroatoms. The smallest absolute Gasteiger partial charge is 0.221 e. The van der Waals surface area contributed by atoms with E-state index < -0.39 is 0 Å². The molecule has 0 aliphatic heterocycles. The van der Waals surface area contributed by atoms with Crippen LogP contribution in [0.3, 0.4) is 0 Å². The van der Waals surface area contributed by atoms with Crippen LogP contribution in [0.2, 0.25) is 0 Å². The zero-order chi connectivity index (χ0) is 13.5. The number of hydrogen-bond acceptors (Lipinski definition) is 4. The summed E-state index contributed by atoms with van der Waals surface area (Å²) in [4.78, 5) is 4.34. The van der Waals surface area contributed by atoms with Crippen molar-refractivity contribution in [2.24, 2.45) is 0 Å². The molecule has 0 atom stereocenters. The lowest BCUT2D eigenvalue weighted by Gasteiger charge is -2.07. The minimum absolute atomic E-state index is 0.159. The highest BCUT2D eigenvalue weighted by Crippen LogP contribution is 2.21. The summed E-state index contributed by atoms with van der Waals surface area (Å²) in [5.74, 6) is 2.10. The normalized spacial score (nSPS) is 10.2. The number of rotatable bonds is 6. The number of aliphatic hydroxyl groups excluding tert-OH is 1. The van der Waals surface area contributed by atoms with E-state index in [-0.39, 0.29) is 6.61 Å². The van der Waals surface area contributed by atoms with Crippen LogP contribution >= 0.6 is 0 Å². The van der Waals surface area contributed by atoms with Crippen molar-refractivity contribution < 1.29 is 9.84 Å². The summed E-state index contributed by atoms with van der Waals surface area (Å²) in [6.45, 7) is 3.01. The average Bonchev–Trinajstić information content (AvgIpc) is 2.42. The molecule has 1 aromatic carbocycles. The molecule has 4 nitrogen and oxygen atoms in total. The monoisotopic (exact) mass is 258 g/mol. The van der Waals surface area contributed by atoms with Crippen molar-refractivity contribution in [3.05, 3.63) is 48.0 Å². The lowest BCUT2D eigenvalue weighted by molar-refractivity contribution is 0.299. The molecule has 0 amide bonds. The van der Waals surface area contributed by atoms with Crippen molar-refractivity contribution in [3.63, 3.8) is 0 Å². The Morgan fingerprint density at radius 1 is 1.16 bits per heavy atom. The Morgan fingerprint density at radius 2 is 1.95 bits per heavy atom. The van der Waals surface area contributed by atoms with Gasteiger partial charge in [-0.3, -0.25) is 0 Å². The van der Waals surface area contributed by atoms with Gasteiger partial charge < -0.3 is 15.2 Å². The van der Waals surface area contributed by atoms with Crippen LogP contribution in [0.25, 0.3) is 0 Å². The summed E-state index contributed by atoms with van der Waals surface area (Å²) < 4.78 is 5.68. The molecule has 0 unspecified atom stereocenters. The molecule has 1 aromatic heterocycles. The van der Waals surface area contributed by atoms with Crippen molar-refractivity contribution in [1.82, 2.24) is 4.98 Å². The predicted octanol–water partition coefficient (Wildman–Crippen LogP) is 2.84. The van der Waals surface area contributed by atoms with Gasteiger partial charge in [0.25, 0.3) is 0 Å². The number of pyridine rings is 1. The molecule has 2 aromatic rings. The van der Waals surface area contributed by atoms with Crippen molar-refractivity contribution in [3.8, 4) is 11.6 Å². The lowest BCUT2D eigenvalue weighted by Crippen LogP contribution is -1.99. The molecule has 1 heterocycles. The van der Waals surface area contributed by atoms with Gasteiger partial charge in [-0.15, -0.1) is 0 Å². The molecule has 19 heavy (non-hydrogen) atoms. The van der Waals surface area contributed by atoms with E-state index in [0.29, 0.717) is 12.3 Å². The van der Waals surface area contributed by atoms with E-state index >= 15 is 0 Å². The van der Waals surface area contributed by atoms with E-state index in [4.69, 9.17) is 9.84 Å². The lowest BCUT2D eigenvalue weighted by atomic mass is 10.1. The van der Waals surface area contributed by atoms with Gasteiger partial charge in [0.2, 0.25) is 5.88 Å². The largest absolute Gasteiger partial charge is 0.439 e. The second kappa shape index (κ2) is 6.75. The van der Waals surface area contributed by atoms with Gasteiger partial charge in [-0.2, -0.15) is 4.98 Å². The van der Waals surface area contributed by atoms with Gasteiger partial charge in [0.05, 0.1) is 0 Å². The topological polar surface area (TPSA) is 54.4 Å². The first kappa shape index (κ1) is 13.4. The number of aromatic nitrogens is 1. The molecule has 0 saturated carbocycles. The van der Waals surface area contributed by atoms with Gasteiger partial charge in [-0.1, -0.05) is 18.2 Å². The molecule has 0 radical (unpaired) electrons. The quantitative estimate of drug-likeness (QED) is 0.836. The van der Waals surface area contributed by atoms with Crippen molar-refractivity contribution in [2.75, 3.05) is 18.5 Å². The first-order chi connectivity index (χ1) is 9.31. The fourth-order valence-corrected chi connectivity index (χ4v) is 1.73. The Morgan fingerprint density at radius 3 is 2.63 bits per heavy atom. The molecule has 0 spiro atoms. The summed E-state index contributed by atoms with van der Waals surface area (Å²) in [6, 6.07) is 13.3. The van der Waals surface area contributed by atoms with E-state index in [1.807, 2.05) is 49.4 Å². The zero-order valence-electron chi connectivity index (χ0n) is 11.0. The Labute approximate surface area is 113 Å². The average molecular weight is 258 g/mol. The molecule has 0 aliphatic rings. The molecule has 0 saturated heterocycles. The van der Waals surface area contributed by atoms with Gasteiger partial charge >= 0.3 is 0 Å². The van der Waals surface area contributed by atoms with E-state index in [1.54, 1.807) is 0 Å². The van der Waals surface area contributed by atoms with Gasteiger partial charge in [0.1, 0.15) is 11.6 Å². The van der Waals surface area contributed by atoms with Crippen LogP contribution in [-0.2, 0) is 6.42 Å². The van der Waals surface area contributed by atoms with Crippen molar-refractivity contribution in [2.45, 2.75) is 13.3 Å². The van der Waals surface area contributed by atoms with Crippen LogP contribution in [0.4, 0.5) is 5.82 Å². The minimum Gasteiger partial charge on any atom is -0.439 e. The van der Waals surface area contributed by atoms with Crippen LogP contribution in [0.1, 0.15) is 12.5 Å². The van der Waals surface area contributed by atoms with Crippen LogP contribution < -0.4 is 10.1 Å². The first-order valence-electron chi connectivity index (χ1n) is 6.40. The van der Waals surface area contributed by atoms with Crippen LogP contribution in [0, 0.1) is 0 Å². The fraction of sp³-hybridized carbons (Fsp3) is 0.267. The maximum atomic E-state index is 8.86. The molecule has 0 fully saturated rings. The predicted molar refractivity (Wildman–Crippen MR) is 75.7 cm³/mol. The highest BCUT2D eigenvalue weighted by Gasteiger charge is 2.00. The first-order valence-corrected chi connectivity index (χ1v) is 6.40. The zero-order valence-corrected chi connectivity index (χ0v) is 11.0. The number of benzene rings is 1. The molecular weight excluding hydrogens is 240 g/mol. The standard InChI is InChI=1S/C15H18N2O2/c1-2-16-14-4-3-5-15(17-14)19-13-8-6-12(7-9-13)10-11-18/h3-9,18H,2,10-11H2,1H3,(H,16,17). The van der Waals surface area contributed by atoms with Gasteiger partial charge in [0.15, 0.2) is 0 Å². The second-order valence-electron chi connectivity index (χ2n) is 4.11. The third-order valence-electron chi connectivity index (χ3n) is 2.63. The number of nitrogens with one attached hydrogen (secondary N) is 1.